The van der Waals surface area contributed by atoms with Crippen molar-refractivity contribution in [3.63, 3.8) is 0 Å². The van der Waals surface area contributed by atoms with Gasteiger partial charge in [0.25, 0.3) is 0 Å². The van der Waals surface area contributed by atoms with Gasteiger partial charge in [0.1, 0.15) is 0 Å². The normalized spacial score (nSPS) is 11.4. The number of nitrogens with zero attached hydrogens (tertiary/aromatic N) is 5. The highest BCUT2D eigenvalue weighted by molar-refractivity contribution is 7.98. The zero-order valence-corrected chi connectivity index (χ0v) is 10.7. The Bertz CT molecular complexity index is 623. The zero-order valence-electron chi connectivity index (χ0n) is 9.07. The molecule has 8 heteroatoms. The highest BCUT2D eigenvalue weighted by atomic mass is 32.2. The number of imidazole rings is 1. The molecule has 0 saturated carbocycles. The smallest absolute Gasteiger partial charge is 0.223 e. The predicted octanol–water partition coefficient (Wildman–Crippen LogP) is 1.34. The van der Waals surface area contributed by atoms with E-state index in [1.807, 2.05) is 33.0 Å². The van der Waals surface area contributed by atoms with Gasteiger partial charge < -0.3 is 5.73 Å². The average molecular weight is 266 g/mol. The maximum atomic E-state index is 5.78. The molecule has 17 heavy (non-hydrogen) atoms. The Kier molecular flexibility index (Phi) is 2.52. The van der Waals surface area contributed by atoms with Crippen molar-refractivity contribution in [1.82, 2.24) is 24.1 Å². The molecule has 88 valence electrons. The van der Waals surface area contributed by atoms with Gasteiger partial charge in [0.2, 0.25) is 5.95 Å². The number of hydrogen-bond donors (Lipinski definition) is 1. The Labute approximate surface area is 105 Å². The van der Waals surface area contributed by atoms with Crippen molar-refractivity contribution in [2.24, 2.45) is 0 Å². The van der Waals surface area contributed by atoms with Gasteiger partial charge in [0, 0.05) is 17.8 Å². The molecule has 0 bridgehead atoms. The molecule has 0 spiro atoms. The monoisotopic (exact) mass is 266 g/mol. The lowest BCUT2D eigenvalue weighted by Crippen LogP contribution is -2.06. The fourth-order valence-corrected chi connectivity index (χ4v) is 2.83. The summed E-state index contributed by atoms with van der Waals surface area (Å²) in [4.78, 5) is 5.49. The second-order valence-electron chi connectivity index (χ2n) is 3.46. The molecular weight excluding hydrogens is 256 g/mol. The standard InChI is InChI=1S/C9H10N6S2/c1-16-9-13-12-7(10)15(9)5-6-4-14-2-3-17-8(14)11-6/h2-4H,5H2,1H3,(H2,10,12). The zero-order chi connectivity index (χ0) is 11.8. The van der Waals surface area contributed by atoms with Crippen molar-refractivity contribution in [2.75, 3.05) is 12.0 Å². The van der Waals surface area contributed by atoms with Gasteiger partial charge in [-0.3, -0.25) is 8.97 Å². The number of hydrogen-bond acceptors (Lipinski definition) is 6. The topological polar surface area (TPSA) is 74.0 Å². The van der Waals surface area contributed by atoms with Crippen LogP contribution in [0.5, 0.6) is 0 Å². The summed E-state index contributed by atoms with van der Waals surface area (Å²) >= 11 is 3.13. The summed E-state index contributed by atoms with van der Waals surface area (Å²) in [6.45, 7) is 0.601. The van der Waals surface area contributed by atoms with Crippen LogP contribution in [-0.4, -0.2) is 30.4 Å². The Morgan fingerprint density at radius 1 is 1.47 bits per heavy atom. The van der Waals surface area contributed by atoms with Crippen LogP contribution in [0.2, 0.25) is 0 Å². The first-order valence-corrected chi connectivity index (χ1v) is 7.02. The molecule has 0 fully saturated rings. The van der Waals surface area contributed by atoms with Crippen molar-refractivity contribution < 1.29 is 0 Å². The first kappa shape index (κ1) is 10.6. The average Bonchev–Trinajstić information content (AvgIpc) is 2.95. The van der Waals surface area contributed by atoms with E-state index < -0.39 is 0 Å². The second kappa shape index (κ2) is 4.04. The van der Waals surface area contributed by atoms with E-state index in [2.05, 4.69) is 15.2 Å². The molecule has 2 N–H and O–H groups in total. The van der Waals surface area contributed by atoms with Gasteiger partial charge in [0.15, 0.2) is 10.1 Å². The van der Waals surface area contributed by atoms with E-state index >= 15 is 0 Å². The molecule has 0 saturated heterocycles. The van der Waals surface area contributed by atoms with Crippen LogP contribution in [0.15, 0.2) is 22.9 Å². The fraction of sp³-hybridized carbons (Fsp3) is 0.222. The summed E-state index contributed by atoms with van der Waals surface area (Å²) in [6.07, 6.45) is 5.93. The van der Waals surface area contributed by atoms with E-state index in [0.717, 1.165) is 15.8 Å². The molecule has 0 unspecified atom stereocenters. The lowest BCUT2D eigenvalue weighted by atomic mass is 10.5. The van der Waals surface area contributed by atoms with Crippen LogP contribution >= 0.6 is 23.1 Å². The summed E-state index contributed by atoms with van der Waals surface area (Å²) in [5, 5.41) is 10.7. The highest BCUT2D eigenvalue weighted by Gasteiger charge is 2.11. The second-order valence-corrected chi connectivity index (χ2v) is 5.10. The lowest BCUT2D eigenvalue weighted by Gasteiger charge is -2.03. The minimum atomic E-state index is 0.422. The van der Waals surface area contributed by atoms with Crippen molar-refractivity contribution in [3.8, 4) is 0 Å². The van der Waals surface area contributed by atoms with Crippen LogP contribution in [-0.2, 0) is 6.54 Å². The van der Waals surface area contributed by atoms with E-state index in [0.29, 0.717) is 12.5 Å². The van der Waals surface area contributed by atoms with Gasteiger partial charge in [-0.2, -0.15) is 0 Å². The van der Waals surface area contributed by atoms with Crippen LogP contribution in [0.1, 0.15) is 5.69 Å². The van der Waals surface area contributed by atoms with E-state index in [-0.39, 0.29) is 0 Å². The molecule has 0 atom stereocenters. The number of nitrogen functional groups attached to an aromatic ring is 1. The quantitative estimate of drug-likeness (QED) is 0.724. The summed E-state index contributed by atoms with van der Waals surface area (Å²) in [7, 11) is 0. The minimum absolute atomic E-state index is 0.422. The van der Waals surface area contributed by atoms with Crippen LogP contribution in [0.3, 0.4) is 0 Å². The SMILES string of the molecule is CSc1nnc(N)n1Cc1cn2ccsc2n1. The maximum Gasteiger partial charge on any atom is 0.223 e. The first-order valence-electron chi connectivity index (χ1n) is 4.91. The highest BCUT2D eigenvalue weighted by Crippen LogP contribution is 2.18. The van der Waals surface area contributed by atoms with Crippen LogP contribution in [0.25, 0.3) is 4.96 Å². The van der Waals surface area contributed by atoms with Gasteiger partial charge >= 0.3 is 0 Å². The molecule has 6 nitrogen and oxygen atoms in total. The summed E-state index contributed by atoms with van der Waals surface area (Å²) in [5.74, 6) is 0.422. The number of nitrogens with two attached hydrogens (primary N) is 1. The van der Waals surface area contributed by atoms with Crippen molar-refractivity contribution >= 4 is 34.0 Å². The molecule has 3 aromatic rings. The third-order valence-electron chi connectivity index (χ3n) is 2.39. The Morgan fingerprint density at radius 3 is 3.12 bits per heavy atom. The van der Waals surface area contributed by atoms with Crippen LogP contribution in [0.4, 0.5) is 5.95 Å². The largest absolute Gasteiger partial charge is 0.368 e. The first-order chi connectivity index (χ1) is 8.28. The Balaban J connectivity index is 1.96. The van der Waals surface area contributed by atoms with E-state index in [1.54, 1.807) is 11.3 Å². The number of aromatic nitrogens is 5. The minimum Gasteiger partial charge on any atom is -0.368 e. The number of rotatable bonds is 3. The van der Waals surface area contributed by atoms with Gasteiger partial charge in [-0.05, 0) is 6.26 Å². The summed E-state index contributed by atoms with van der Waals surface area (Å²) in [6, 6.07) is 0. The molecule has 0 aromatic carbocycles. The van der Waals surface area contributed by atoms with E-state index in [1.165, 1.54) is 11.8 Å². The van der Waals surface area contributed by atoms with E-state index in [4.69, 9.17) is 5.73 Å². The molecule has 0 radical (unpaired) electrons. The third-order valence-corrected chi connectivity index (χ3v) is 3.83. The van der Waals surface area contributed by atoms with Crippen LogP contribution < -0.4 is 5.73 Å². The van der Waals surface area contributed by atoms with Gasteiger partial charge in [-0.15, -0.1) is 21.5 Å². The van der Waals surface area contributed by atoms with Crippen molar-refractivity contribution in [3.05, 3.63) is 23.5 Å². The van der Waals surface area contributed by atoms with Crippen molar-refractivity contribution in [2.45, 2.75) is 11.7 Å². The Hall–Kier alpha value is -1.54. The number of thiazole rings is 1. The third kappa shape index (κ3) is 1.79. The molecule has 3 aromatic heterocycles. The molecular formula is C9H10N6S2. The number of fused-ring (bicyclic) bond motifs is 1. The summed E-state index contributed by atoms with van der Waals surface area (Å²) in [5.41, 5.74) is 6.74. The van der Waals surface area contributed by atoms with Gasteiger partial charge in [0.05, 0.1) is 12.2 Å². The van der Waals surface area contributed by atoms with Crippen molar-refractivity contribution in [1.29, 1.82) is 0 Å². The van der Waals surface area contributed by atoms with Crippen LogP contribution in [0, 0.1) is 0 Å². The van der Waals surface area contributed by atoms with E-state index in [9.17, 15) is 0 Å². The Morgan fingerprint density at radius 2 is 2.35 bits per heavy atom. The predicted molar refractivity (Wildman–Crippen MR) is 68.4 cm³/mol. The fourth-order valence-electron chi connectivity index (χ4n) is 1.61. The molecule has 0 aliphatic rings. The lowest BCUT2D eigenvalue weighted by molar-refractivity contribution is 0.706. The molecule has 0 aliphatic heterocycles. The maximum absolute atomic E-state index is 5.78. The summed E-state index contributed by atoms with van der Waals surface area (Å²) < 4.78 is 3.86. The van der Waals surface area contributed by atoms with Gasteiger partial charge in [-0.1, -0.05) is 11.8 Å². The molecule has 0 aliphatic carbocycles. The molecule has 3 heterocycles. The molecule has 3 rings (SSSR count). The molecule has 0 amide bonds. The van der Waals surface area contributed by atoms with Gasteiger partial charge in [-0.25, -0.2) is 4.98 Å². The number of anilines is 1. The number of thioether (sulfide) groups is 1.